The van der Waals surface area contributed by atoms with E-state index in [4.69, 9.17) is 15.0 Å². The lowest BCUT2D eigenvalue weighted by Crippen LogP contribution is -2.50. The summed E-state index contributed by atoms with van der Waals surface area (Å²) < 4.78 is 11.2. The molecule has 2 aromatic carbocycles. The highest BCUT2D eigenvalue weighted by Crippen LogP contribution is 2.26. The summed E-state index contributed by atoms with van der Waals surface area (Å²) in [5, 5.41) is 13.7. The third-order valence-corrected chi connectivity index (χ3v) is 5.26. The zero-order valence-corrected chi connectivity index (χ0v) is 16.9. The fourth-order valence-electron chi connectivity index (χ4n) is 3.51. The predicted octanol–water partition coefficient (Wildman–Crippen LogP) is 4.39. The minimum atomic E-state index is -1.19. The molecule has 0 aromatic heterocycles. The Kier molecular flexibility index (Phi) is 7.68. The fourth-order valence-corrected chi connectivity index (χ4v) is 3.51. The summed E-state index contributed by atoms with van der Waals surface area (Å²) in [5.41, 5.74) is 10.5. The van der Waals surface area contributed by atoms with Gasteiger partial charge in [-0.25, -0.2) is 4.79 Å². The van der Waals surface area contributed by atoms with Gasteiger partial charge in [0.15, 0.2) is 6.29 Å². The van der Waals surface area contributed by atoms with E-state index in [2.05, 4.69) is 10.0 Å². The Labute approximate surface area is 175 Å². The molecule has 0 spiro atoms. The number of hydrogen-bond acceptors (Lipinski definition) is 5. The highest BCUT2D eigenvalue weighted by atomic mass is 16.6. The van der Waals surface area contributed by atoms with E-state index in [-0.39, 0.29) is 12.6 Å². The molecule has 8 nitrogen and oxygen atoms in total. The van der Waals surface area contributed by atoms with Gasteiger partial charge in [0.1, 0.15) is 6.61 Å². The molecule has 1 N–H and O–H groups in total. The normalized spacial score (nSPS) is 21.9. The van der Waals surface area contributed by atoms with Crippen molar-refractivity contribution in [3.8, 4) is 0 Å². The van der Waals surface area contributed by atoms with E-state index in [9.17, 15) is 9.90 Å². The van der Waals surface area contributed by atoms with Gasteiger partial charge in [0, 0.05) is 11.5 Å². The van der Waals surface area contributed by atoms with Crippen LogP contribution in [-0.4, -0.2) is 40.6 Å². The molecule has 8 heteroatoms. The molecule has 4 atom stereocenters. The summed E-state index contributed by atoms with van der Waals surface area (Å²) in [6.07, 6.45) is -1.01. The summed E-state index contributed by atoms with van der Waals surface area (Å²) in [6, 6.07) is 18.2. The first kappa shape index (κ1) is 21.6. The third kappa shape index (κ3) is 5.73. The second kappa shape index (κ2) is 10.6. The van der Waals surface area contributed by atoms with Crippen LogP contribution < -0.4 is 0 Å². The van der Waals surface area contributed by atoms with Gasteiger partial charge in [-0.05, 0) is 36.4 Å². The molecule has 1 fully saturated rings. The van der Waals surface area contributed by atoms with Crippen molar-refractivity contribution >= 4 is 6.09 Å². The molecule has 0 aliphatic carbocycles. The van der Waals surface area contributed by atoms with E-state index in [0.717, 1.165) is 11.1 Å². The van der Waals surface area contributed by atoms with Crippen LogP contribution >= 0.6 is 0 Å². The van der Waals surface area contributed by atoms with Crippen molar-refractivity contribution in [2.45, 2.75) is 57.4 Å². The summed E-state index contributed by atoms with van der Waals surface area (Å²) in [7, 11) is 0. The van der Waals surface area contributed by atoms with Crippen molar-refractivity contribution in [1.29, 1.82) is 0 Å². The number of aliphatic hydroxyl groups excluding tert-OH is 1. The van der Waals surface area contributed by atoms with Gasteiger partial charge >= 0.3 is 6.09 Å². The smallest absolute Gasteiger partial charge is 0.410 e. The molecule has 158 valence electrons. The first-order valence-electron chi connectivity index (χ1n) is 9.97. The Bertz CT molecular complexity index is 858. The van der Waals surface area contributed by atoms with Gasteiger partial charge < -0.3 is 14.6 Å². The van der Waals surface area contributed by atoms with E-state index >= 15 is 0 Å². The molecule has 1 aliphatic heterocycles. The highest BCUT2D eigenvalue weighted by Gasteiger charge is 2.36. The summed E-state index contributed by atoms with van der Waals surface area (Å²) in [4.78, 5) is 17.3. The number of rotatable bonds is 7. The Hall–Kier alpha value is -3.06. The SMILES string of the molecule is CC([C@@H]1CC[C@@H](N=[N+]=[N-])C(O)O1)N(Cc1ccccc1)C(=O)OCc1ccccc1. The standard InChI is InChI=1S/C22H26N4O4/c1-16(20-13-12-19(24-25-23)21(27)30-20)26(14-17-8-4-2-5-9-17)22(28)29-15-18-10-6-3-7-11-18/h2-11,16,19-21,27H,12-15H2,1H3/t16?,19-,20+,21?/m1/s1. The quantitative estimate of drug-likeness (QED) is 0.415. The van der Waals surface area contributed by atoms with Crippen LogP contribution in [0.25, 0.3) is 10.4 Å². The predicted molar refractivity (Wildman–Crippen MR) is 111 cm³/mol. The van der Waals surface area contributed by atoms with Crippen molar-refractivity contribution < 1.29 is 19.4 Å². The third-order valence-electron chi connectivity index (χ3n) is 5.26. The Morgan fingerprint density at radius 1 is 1.20 bits per heavy atom. The average molecular weight is 410 g/mol. The molecule has 3 rings (SSSR count). The van der Waals surface area contributed by atoms with Gasteiger partial charge in [-0.15, -0.1) is 0 Å². The summed E-state index contributed by atoms with van der Waals surface area (Å²) in [5.74, 6) is 0. The first-order chi connectivity index (χ1) is 14.6. The van der Waals surface area contributed by atoms with Crippen LogP contribution in [0, 0.1) is 0 Å². The molecular formula is C22H26N4O4. The van der Waals surface area contributed by atoms with Crippen LogP contribution in [0.3, 0.4) is 0 Å². The second-order valence-corrected chi connectivity index (χ2v) is 7.31. The van der Waals surface area contributed by atoms with Gasteiger partial charge in [0.2, 0.25) is 0 Å². The van der Waals surface area contributed by atoms with Crippen molar-refractivity contribution in [1.82, 2.24) is 4.90 Å². The molecule has 1 amide bonds. The van der Waals surface area contributed by atoms with Crippen molar-refractivity contribution in [3.63, 3.8) is 0 Å². The zero-order chi connectivity index (χ0) is 21.3. The molecule has 1 heterocycles. The monoisotopic (exact) mass is 410 g/mol. The minimum Gasteiger partial charge on any atom is -0.445 e. The maximum atomic E-state index is 13.0. The van der Waals surface area contributed by atoms with E-state index in [1.165, 1.54) is 0 Å². The second-order valence-electron chi connectivity index (χ2n) is 7.31. The van der Waals surface area contributed by atoms with Gasteiger partial charge in [0.05, 0.1) is 18.2 Å². The van der Waals surface area contributed by atoms with Crippen LogP contribution in [0.4, 0.5) is 4.79 Å². The Morgan fingerprint density at radius 3 is 2.43 bits per heavy atom. The Balaban J connectivity index is 1.71. The van der Waals surface area contributed by atoms with Crippen molar-refractivity contribution in [2.24, 2.45) is 5.11 Å². The number of carbonyl (C=O) groups excluding carboxylic acids is 1. The van der Waals surface area contributed by atoms with E-state index in [1.54, 1.807) is 4.90 Å². The van der Waals surface area contributed by atoms with Gasteiger partial charge in [0.25, 0.3) is 0 Å². The number of aliphatic hydroxyl groups is 1. The van der Waals surface area contributed by atoms with Crippen LogP contribution in [0.15, 0.2) is 65.8 Å². The molecule has 30 heavy (non-hydrogen) atoms. The number of benzene rings is 2. The number of nitrogens with zero attached hydrogens (tertiary/aromatic N) is 4. The maximum Gasteiger partial charge on any atom is 0.410 e. The molecule has 0 saturated carbocycles. The summed E-state index contributed by atoms with van der Waals surface area (Å²) >= 11 is 0. The van der Waals surface area contributed by atoms with Gasteiger partial charge in [-0.1, -0.05) is 65.8 Å². The molecule has 0 bridgehead atoms. The van der Waals surface area contributed by atoms with E-state index < -0.39 is 24.5 Å². The van der Waals surface area contributed by atoms with Crippen LogP contribution in [-0.2, 0) is 22.6 Å². The topological polar surface area (TPSA) is 108 Å². The minimum absolute atomic E-state index is 0.171. The lowest BCUT2D eigenvalue weighted by Gasteiger charge is -2.39. The fraction of sp³-hybridized carbons (Fsp3) is 0.409. The van der Waals surface area contributed by atoms with Gasteiger partial charge in [-0.2, -0.15) is 0 Å². The molecule has 2 unspecified atom stereocenters. The molecule has 1 saturated heterocycles. The lowest BCUT2D eigenvalue weighted by molar-refractivity contribution is -0.186. The van der Waals surface area contributed by atoms with Crippen LogP contribution in [0.1, 0.15) is 30.9 Å². The summed E-state index contributed by atoms with van der Waals surface area (Å²) in [6.45, 7) is 2.40. The van der Waals surface area contributed by atoms with Crippen LogP contribution in [0.2, 0.25) is 0 Å². The molecule has 0 radical (unpaired) electrons. The largest absolute Gasteiger partial charge is 0.445 e. The number of amides is 1. The van der Waals surface area contributed by atoms with Crippen LogP contribution in [0.5, 0.6) is 0 Å². The number of azide groups is 1. The van der Waals surface area contributed by atoms with E-state index in [1.807, 2.05) is 67.6 Å². The Morgan fingerprint density at radius 2 is 1.83 bits per heavy atom. The van der Waals surface area contributed by atoms with Crippen molar-refractivity contribution in [3.05, 3.63) is 82.2 Å². The highest BCUT2D eigenvalue weighted by molar-refractivity contribution is 5.68. The molecule has 1 aliphatic rings. The number of ether oxygens (including phenoxy) is 2. The van der Waals surface area contributed by atoms with Gasteiger partial charge in [-0.3, -0.25) is 4.90 Å². The average Bonchev–Trinajstić information content (AvgIpc) is 2.78. The first-order valence-corrected chi connectivity index (χ1v) is 9.97. The number of hydrogen-bond donors (Lipinski definition) is 1. The van der Waals surface area contributed by atoms with Crippen molar-refractivity contribution in [2.75, 3.05) is 0 Å². The zero-order valence-electron chi connectivity index (χ0n) is 16.9. The number of carbonyl (C=O) groups is 1. The maximum absolute atomic E-state index is 13.0. The lowest BCUT2D eigenvalue weighted by atomic mass is 9.98. The molecule has 2 aromatic rings. The van der Waals surface area contributed by atoms with E-state index in [0.29, 0.717) is 19.4 Å². The molecular weight excluding hydrogens is 384 g/mol.